The largest absolute Gasteiger partial charge is 0.381 e. The Morgan fingerprint density at radius 3 is 2.50 bits per heavy atom. The number of nitrogens with one attached hydrogen (secondary N) is 1. The zero-order valence-electron chi connectivity index (χ0n) is 12.6. The quantitative estimate of drug-likeness (QED) is 0.833. The molecular formula is C15H30N2O. The minimum atomic E-state index is 0.231. The van der Waals surface area contributed by atoms with Gasteiger partial charge >= 0.3 is 0 Å². The van der Waals surface area contributed by atoms with Gasteiger partial charge in [-0.05, 0) is 59.0 Å². The van der Waals surface area contributed by atoms with Gasteiger partial charge in [0.2, 0.25) is 0 Å². The van der Waals surface area contributed by atoms with Crippen molar-refractivity contribution >= 4 is 0 Å². The molecule has 0 bridgehead atoms. The summed E-state index contributed by atoms with van der Waals surface area (Å²) in [5.41, 5.74) is 0.773. The van der Waals surface area contributed by atoms with Crippen LogP contribution >= 0.6 is 0 Å². The maximum atomic E-state index is 5.55. The van der Waals surface area contributed by atoms with E-state index < -0.39 is 0 Å². The number of likely N-dealkylation sites (N-methyl/N-ethyl adjacent to an activating group) is 1. The van der Waals surface area contributed by atoms with Crippen molar-refractivity contribution in [1.29, 1.82) is 0 Å². The molecule has 0 amide bonds. The summed E-state index contributed by atoms with van der Waals surface area (Å²) in [7, 11) is 4.33. The highest BCUT2D eigenvalue weighted by atomic mass is 16.5. The molecule has 2 aliphatic rings. The Kier molecular flexibility index (Phi) is 4.35. The van der Waals surface area contributed by atoms with Crippen LogP contribution in [0.4, 0.5) is 0 Å². The maximum Gasteiger partial charge on any atom is 0.0471 e. The molecule has 0 aromatic carbocycles. The summed E-state index contributed by atoms with van der Waals surface area (Å²) in [6.45, 7) is 7.63. The van der Waals surface area contributed by atoms with E-state index in [1.165, 1.54) is 32.1 Å². The van der Waals surface area contributed by atoms with Crippen LogP contribution in [0, 0.1) is 5.41 Å². The van der Waals surface area contributed by atoms with Crippen molar-refractivity contribution in [2.75, 3.05) is 33.9 Å². The van der Waals surface area contributed by atoms with Crippen LogP contribution in [-0.2, 0) is 4.74 Å². The molecule has 1 saturated carbocycles. The minimum absolute atomic E-state index is 0.231. The predicted octanol–water partition coefficient (Wildman–Crippen LogP) is 2.27. The fourth-order valence-corrected chi connectivity index (χ4v) is 3.36. The maximum absolute atomic E-state index is 5.55. The first-order valence-electron chi connectivity index (χ1n) is 7.45. The summed E-state index contributed by atoms with van der Waals surface area (Å²) in [5.74, 6) is 0. The van der Waals surface area contributed by atoms with Gasteiger partial charge in [-0.15, -0.1) is 0 Å². The van der Waals surface area contributed by atoms with Crippen LogP contribution in [0.2, 0.25) is 0 Å². The van der Waals surface area contributed by atoms with Crippen LogP contribution in [0.15, 0.2) is 0 Å². The van der Waals surface area contributed by atoms with Crippen LogP contribution in [-0.4, -0.2) is 50.3 Å². The normalized spacial score (nSPS) is 28.2. The molecule has 0 radical (unpaired) electrons. The average Bonchev–Trinajstić information content (AvgIpc) is 2.70. The zero-order chi connectivity index (χ0) is 13.2. The lowest BCUT2D eigenvalue weighted by molar-refractivity contribution is 0.00236. The topological polar surface area (TPSA) is 24.5 Å². The Bertz CT molecular complexity index is 270. The first-order chi connectivity index (χ1) is 8.46. The molecule has 1 aliphatic carbocycles. The highest BCUT2D eigenvalue weighted by Crippen LogP contribution is 2.46. The molecule has 2 rings (SSSR count). The molecule has 0 aromatic rings. The van der Waals surface area contributed by atoms with Crippen molar-refractivity contribution < 1.29 is 4.74 Å². The average molecular weight is 254 g/mol. The summed E-state index contributed by atoms with van der Waals surface area (Å²) < 4.78 is 5.55. The van der Waals surface area contributed by atoms with Gasteiger partial charge in [-0.2, -0.15) is 0 Å². The fourth-order valence-electron chi connectivity index (χ4n) is 3.36. The molecule has 3 nitrogen and oxygen atoms in total. The molecule has 1 saturated heterocycles. The molecule has 1 aliphatic heterocycles. The van der Waals surface area contributed by atoms with E-state index >= 15 is 0 Å². The van der Waals surface area contributed by atoms with Gasteiger partial charge in [0.25, 0.3) is 0 Å². The van der Waals surface area contributed by atoms with Gasteiger partial charge in [0, 0.05) is 31.3 Å². The molecule has 3 heteroatoms. The Morgan fingerprint density at radius 1 is 1.22 bits per heavy atom. The van der Waals surface area contributed by atoms with Crippen molar-refractivity contribution in [2.24, 2.45) is 5.41 Å². The molecule has 106 valence electrons. The summed E-state index contributed by atoms with van der Waals surface area (Å²) in [6, 6.07) is 0.709. The van der Waals surface area contributed by atoms with E-state index in [4.69, 9.17) is 4.74 Å². The van der Waals surface area contributed by atoms with Gasteiger partial charge in [0.15, 0.2) is 0 Å². The van der Waals surface area contributed by atoms with Crippen LogP contribution < -0.4 is 5.32 Å². The van der Waals surface area contributed by atoms with Crippen LogP contribution in [0.1, 0.15) is 46.0 Å². The lowest BCUT2D eigenvalue weighted by atomic mass is 9.75. The van der Waals surface area contributed by atoms with Crippen LogP contribution in [0.5, 0.6) is 0 Å². The second kappa shape index (κ2) is 5.48. The molecule has 18 heavy (non-hydrogen) atoms. The molecule has 1 spiro atoms. The van der Waals surface area contributed by atoms with Gasteiger partial charge in [0.05, 0.1) is 0 Å². The monoisotopic (exact) mass is 254 g/mol. The first kappa shape index (κ1) is 14.3. The van der Waals surface area contributed by atoms with E-state index in [9.17, 15) is 0 Å². The van der Waals surface area contributed by atoms with Crippen molar-refractivity contribution in [3.63, 3.8) is 0 Å². The van der Waals surface area contributed by atoms with Crippen molar-refractivity contribution in [3.05, 3.63) is 0 Å². The van der Waals surface area contributed by atoms with Crippen LogP contribution in [0.3, 0.4) is 0 Å². The van der Waals surface area contributed by atoms with Gasteiger partial charge in [-0.3, -0.25) is 0 Å². The highest BCUT2D eigenvalue weighted by Gasteiger charge is 2.43. The molecular weight excluding hydrogens is 224 g/mol. The predicted molar refractivity (Wildman–Crippen MR) is 75.9 cm³/mol. The lowest BCUT2D eigenvalue weighted by Gasteiger charge is -2.41. The molecule has 1 unspecified atom stereocenters. The zero-order valence-corrected chi connectivity index (χ0v) is 12.6. The van der Waals surface area contributed by atoms with Crippen molar-refractivity contribution in [3.8, 4) is 0 Å². The second-order valence-corrected chi connectivity index (χ2v) is 7.01. The summed E-state index contributed by atoms with van der Waals surface area (Å²) in [4.78, 5) is 2.31. The summed E-state index contributed by atoms with van der Waals surface area (Å²) in [5, 5.41) is 3.87. The van der Waals surface area contributed by atoms with E-state index in [0.29, 0.717) is 11.5 Å². The second-order valence-electron chi connectivity index (χ2n) is 7.01. The smallest absolute Gasteiger partial charge is 0.0471 e. The molecule has 2 fully saturated rings. The Hall–Kier alpha value is -0.120. The number of hydrogen-bond acceptors (Lipinski definition) is 3. The fraction of sp³-hybridized carbons (Fsp3) is 1.00. The summed E-state index contributed by atoms with van der Waals surface area (Å²) >= 11 is 0. The Balaban J connectivity index is 1.92. The van der Waals surface area contributed by atoms with E-state index in [2.05, 4.69) is 38.2 Å². The Labute approximate surface area is 112 Å². The number of rotatable bonds is 4. The Morgan fingerprint density at radius 2 is 1.89 bits per heavy atom. The number of nitrogens with zero attached hydrogens (tertiary/aromatic N) is 1. The number of ether oxygens (including phenoxy) is 1. The van der Waals surface area contributed by atoms with E-state index in [0.717, 1.165) is 19.8 Å². The molecule has 1 N–H and O–H groups in total. The third-order valence-electron chi connectivity index (χ3n) is 5.39. The van der Waals surface area contributed by atoms with Gasteiger partial charge in [-0.25, -0.2) is 0 Å². The highest BCUT2D eigenvalue weighted by molar-refractivity contribution is 4.98. The van der Waals surface area contributed by atoms with E-state index in [-0.39, 0.29) is 5.54 Å². The molecule has 0 aromatic heterocycles. The van der Waals surface area contributed by atoms with E-state index in [1.807, 2.05) is 0 Å². The van der Waals surface area contributed by atoms with Crippen molar-refractivity contribution in [1.82, 2.24) is 10.2 Å². The lowest BCUT2D eigenvalue weighted by Crippen LogP contribution is -2.53. The van der Waals surface area contributed by atoms with E-state index in [1.54, 1.807) is 0 Å². The van der Waals surface area contributed by atoms with Gasteiger partial charge in [-0.1, -0.05) is 6.42 Å². The molecule has 1 heterocycles. The third kappa shape index (κ3) is 2.89. The third-order valence-corrected chi connectivity index (χ3v) is 5.39. The standard InChI is InChI=1S/C15H30N2O/c1-14(2,17(3)4)12-16-13-6-5-7-15(13)8-10-18-11-9-15/h13,16H,5-12H2,1-4H3. The van der Waals surface area contributed by atoms with Gasteiger partial charge < -0.3 is 15.0 Å². The SMILES string of the molecule is CN(C)C(C)(C)CNC1CCCC12CCOCC2. The van der Waals surface area contributed by atoms with Crippen molar-refractivity contribution in [2.45, 2.75) is 57.5 Å². The summed E-state index contributed by atoms with van der Waals surface area (Å²) in [6.07, 6.45) is 6.65. The number of hydrogen-bond donors (Lipinski definition) is 1. The minimum Gasteiger partial charge on any atom is -0.381 e. The first-order valence-corrected chi connectivity index (χ1v) is 7.45. The molecule has 1 atom stereocenters. The van der Waals surface area contributed by atoms with Gasteiger partial charge in [0.1, 0.15) is 0 Å². The van der Waals surface area contributed by atoms with Crippen LogP contribution in [0.25, 0.3) is 0 Å².